The van der Waals surface area contributed by atoms with E-state index in [2.05, 4.69) is 4.99 Å². The Morgan fingerprint density at radius 2 is 1.81 bits per heavy atom. The predicted molar refractivity (Wildman–Crippen MR) is 101 cm³/mol. The molecule has 0 fully saturated rings. The van der Waals surface area contributed by atoms with Crippen LogP contribution in [0, 0.1) is 0 Å². The van der Waals surface area contributed by atoms with Crippen molar-refractivity contribution in [2.75, 3.05) is 6.54 Å². The third kappa shape index (κ3) is 9.05. The van der Waals surface area contributed by atoms with E-state index in [0.29, 0.717) is 30.7 Å². The van der Waals surface area contributed by atoms with Crippen LogP contribution < -0.4 is 16.2 Å². The fraction of sp³-hybridized carbons (Fsp3) is 0.526. The van der Waals surface area contributed by atoms with Gasteiger partial charge < -0.3 is 20.9 Å². The van der Waals surface area contributed by atoms with Crippen LogP contribution in [-0.4, -0.2) is 30.5 Å². The minimum Gasteiger partial charge on any atom is -0.459 e. The van der Waals surface area contributed by atoms with E-state index in [1.54, 1.807) is 24.3 Å². The quantitative estimate of drug-likeness (QED) is 0.205. The number of nitrogens with zero attached hydrogens (tertiary/aromatic N) is 1. The van der Waals surface area contributed by atoms with Crippen LogP contribution in [0.3, 0.4) is 0 Å². The number of esters is 2. The SMILES string of the molecule is CCCC(C)OC(=O)c1ccc(OC(=O)CCCCCN=C(N)N)cc1. The summed E-state index contributed by atoms with van der Waals surface area (Å²) >= 11 is 0. The monoisotopic (exact) mass is 363 g/mol. The zero-order chi connectivity index (χ0) is 19.4. The molecular weight excluding hydrogens is 334 g/mol. The summed E-state index contributed by atoms with van der Waals surface area (Å²) in [6.45, 7) is 4.47. The van der Waals surface area contributed by atoms with E-state index in [4.69, 9.17) is 20.9 Å². The van der Waals surface area contributed by atoms with E-state index in [-0.39, 0.29) is 24.0 Å². The number of rotatable bonds is 11. The van der Waals surface area contributed by atoms with Crippen molar-refractivity contribution in [2.24, 2.45) is 16.5 Å². The molecule has 7 nitrogen and oxygen atoms in total. The van der Waals surface area contributed by atoms with Crippen LogP contribution in [0.5, 0.6) is 5.75 Å². The summed E-state index contributed by atoms with van der Waals surface area (Å²) in [5.74, 6) is -0.187. The maximum Gasteiger partial charge on any atom is 0.338 e. The molecule has 144 valence electrons. The third-order valence-corrected chi connectivity index (χ3v) is 3.66. The van der Waals surface area contributed by atoms with E-state index in [9.17, 15) is 9.59 Å². The van der Waals surface area contributed by atoms with Gasteiger partial charge in [-0.1, -0.05) is 19.8 Å². The van der Waals surface area contributed by atoms with Crippen molar-refractivity contribution in [3.8, 4) is 5.75 Å². The van der Waals surface area contributed by atoms with Crippen LogP contribution in [0.2, 0.25) is 0 Å². The molecule has 0 saturated carbocycles. The van der Waals surface area contributed by atoms with E-state index in [1.807, 2.05) is 13.8 Å². The average Bonchev–Trinajstić information content (AvgIpc) is 2.58. The summed E-state index contributed by atoms with van der Waals surface area (Å²) in [4.78, 5) is 27.7. The minimum atomic E-state index is -0.371. The smallest absolute Gasteiger partial charge is 0.338 e. The van der Waals surface area contributed by atoms with Gasteiger partial charge in [0.15, 0.2) is 5.96 Å². The normalized spacial score (nSPS) is 11.5. The van der Waals surface area contributed by atoms with Gasteiger partial charge in [0, 0.05) is 13.0 Å². The number of nitrogens with two attached hydrogens (primary N) is 2. The molecule has 1 atom stereocenters. The van der Waals surface area contributed by atoms with Gasteiger partial charge in [0.25, 0.3) is 0 Å². The summed E-state index contributed by atoms with van der Waals surface area (Å²) in [5.41, 5.74) is 10.9. The second kappa shape index (κ2) is 11.9. The van der Waals surface area contributed by atoms with Crippen molar-refractivity contribution in [2.45, 2.75) is 58.5 Å². The van der Waals surface area contributed by atoms with Gasteiger partial charge in [-0.05, 0) is 50.5 Å². The number of guanidine groups is 1. The molecular formula is C19H29N3O4. The highest BCUT2D eigenvalue weighted by Crippen LogP contribution is 2.15. The number of hydrogen-bond donors (Lipinski definition) is 2. The minimum absolute atomic E-state index is 0.0801. The number of hydrogen-bond acceptors (Lipinski definition) is 5. The molecule has 0 heterocycles. The van der Waals surface area contributed by atoms with E-state index in [0.717, 1.165) is 25.7 Å². The predicted octanol–water partition coefficient (Wildman–Crippen LogP) is 2.77. The van der Waals surface area contributed by atoms with Crippen molar-refractivity contribution >= 4 is 17.9 Å². The number of carbonyl (C=O) groups excluding carboxylic acids is 2. The lowest BCUT2D eigenvalue weighted by molar-refractivity contribution is -0.134. The van der Waals surface area contributed by atoms with Crippen LogP contribution >= 0.6 is 0 Å². The lowest BCUT2D eigenvalue weighted by Gasteiger charge is -2.12. The zero-order valence-electron chi connectivity index (χ0n) is 15.6. The maximum atomic E-state index is 12.0. The van der Waals surface area contributed by atoms with Crippen molar-refractivity contribution in [1.29, 1.82) is 0 Å². The van der Waals surface area contributed by atoms with Gasteiger partial charge in [-0.15, -0.1) is 0 Å². The molecule has 0 aliphatic rings. The number of carbonyl (C=O) groups is 2. The summed E-state index contributed by atoms with van der Waals surface area (Å²) in [6.07, 6.45) is 4.35. The van der Waals surface area contributed by atoms with Gasteiger partial charge in [-0.2, -0.15) is 0 Å². The molecule has 0 spiro atoms. The van der Waals surface area contributed by atoms with E-state index in [1.165, 1.54) is 0 Å². The Hall–Kier alpha value is -2.57. The Kier molecular flexibility index (Phi) is 9.82. The molecule has 0 bridgehead atoms. The van der Waals surface area contributed by atoms with Gasteiger partial charge in [-0.3, -0.25) is 9.79 Å². The van der Waals surface area contributed by atoms with Crippen molar-refractivity contribution in [3.63, 3.8) is 0 Å². The van der Waals surface area contributed by atoms with E-state index >= 15 is 0 Å². The van der Waals surface area contributed by atoms with Crippen LogP contribution in [0.25, 0.3) is 0 Å². The zero-order valence-corrected chi connectivity index (χ0v) is 15.6. The number of unbranched alkanes of at least 4 members (excludes halogenated alkanes) is 2. The molecule has 1 rings (SSSR count). The Morgan fingerprint density at radius 3 is 2.42 bits per heavy atom. The molecule has 1 aromatic rings. The van der Waals surface area contributed by atoms with Gasteiger partial charge in [0.05, 0.1) is 11.7 Å². The van der Waals surface area contributed by atoms with E-state index < -0.39 is 0 Å². The first-order valence-corrected chi connectivity index (χ1v) is 8.99. The summed E-state index contributed by atoms with van der Waals surface area (Å²) < 4.78 is 10.6. The lowest BCUT2D eigenvalue weighted by Crippen LogP contribution is -2.22. The van der Waals surface area contributed by atoms with Crippen molar-refractivity contribution in [3.05, 3.63) is 29.8 Å². The highest BCUT2D eigenvalue weighted by atomic mass is 16.5. The molecule has 0 aromatic heterocycles. The molecule has 0 saturated heterocycles. The lowest BCUT2D eigenvalue weighted by atomic mass is 10.2. The second-order valence-corrected chi connectivity index (χ2v) is 6.12. The maximum absolute atomic E-state index is 12.0. The first-order valence-electron chi connectivity index (χ1n) is 8.99. The first-order chi connectivity index (χ1) is 12.4. The van der Waals surface area contributed by atoms with Crippen molar-refractivity contribution in [1.82, 2.24) is 0 Å². The number of ether oxygens (including phenoxy) is 2. The third-order valence-electron chi connectivity index (χ3n) is 3.66. The molecule has 0 amide bonds. The molecule has 0 radical (unpaired) electrons. The molecule has 1 aromatic carbocycles. The standard InChI is InChI=1S/C19H29N3O4/c1-3-7-14(2)25-18(24)15-9-11-16(12-10-15)26-17(23)8-5-4-6-13-22-19(20)21/h9-12,14H,3-8,13H2,1-2H3,(H4,20,21,22). The van der Waals surface area contributed by atoms with Crippen LogP contribution in [0.1, 0.15) is 62.7 Å². The molecule has 4 N–H and O–H groups in total. The summed E-state index contributed by atoms with van der Waals surface area (Å²) in [7, 11) is 0. The Bertz CT molecular complexity index is 595. The van der Waals surface area contributed by atoms with Gasteiger partial charge in [-0.25, -0.2) is 4.79 Å². The van der Waals surface area contributed by atoms with Crippen LogP contribution in [0.15, 0.2) is 29.3 Å². The fourth-order valence-corrected chi connectivity index (χ4v) is 2.32. The summed E-state index contributed by atoms with van der Waals surface area (Å²) in [5, 5.41) is 0. The van der Waals surface area contributed by atoms with Gasteiger partial charge in [0.1, 0.15) is 5.75 Å². The molecule has 7 heteroatoms. The average molecular weight is 363 g/mol. The Balaban J connectivity index is 2.34. The second-order valence-electron chi connectivity index (χ2n) is 6.12. The largest absolute Gasteiger partial charge is 0.459 e. The molecule has 0 aliphatic carbocycles. The Labute approximate surface area is 154 Å². The molecule has 0 aliphatic heterocycles. The number of aliphatic imine (C=N–C) groups is 1. The summed E-state index contributed by atoms with van der Waals surface area (Å²) in [6, 6.07) is 6.38. The molecule has 26 heavy (non-hydrogen) atoms. The van der Waals surface area contributed by atoms with Crippen LogP contribution in [-0.2, 0) is 9.53 Å². The fourth-order valence-electron chi connectivity index (χ4n) is 2.32. The highest BCUT2D eigenvalue weighted by Gasteiger charge is 2.12. The van der Waals surface area contributed by atoms with Gasteiger partial charge >= 0.3 is 11.9 Å². The molecule has 1 unspecified atom stereocenters. The number of benzene rings is 1. The van der Waals surface area contributed by atoms with Crippen LogP contribution in [0.4, 0.5) is 0 Å². The van der Waals surface area contributed by atoms with Crippen molar-refractivity contribution < 1.29 is 19.1 Å². The highest BCUT2D eigenvalue weighted by molar-refractivity contribution is 5.89. The van der Waals surface area contributed by atoms with Gasteiger partial charge in [0.2, 0.25) is 0 Å². The first kappa shape index (κ1) is 21.5. The topological polar surface area (TPSA) is 117 Å². The Morgan fingerprint density at radius 1 is 1.12 bits per heavy atom.